The highest BCUT2D eigenvalue weighted by molar-refractivity contribution is 5.92. The second-order valence-corrected chi connectivity index (χ2v) is 8.99. The normalized spacial score (nSPS) is 15.1. The van der Waals surface area contributed by atoms with Gasteiger partial charge in [-0.2, -0.15) is 13.2 Å². The highest BCUT2D eigenvalue weighted by Gasteiger charge is 2.30. The number of benzene rings is 2. The van der Waals surface area contributed by atoms with Crippen LogP contribution in [0.5, 0.6) is 0 Å². The van der Waals surface area contributed by atoms with Gasteiger partial charge in [0, 0.05) is 39.3 Å². The van der Waals surface area contributed by atoms with Crippen LogP contribution in [0.2, 0.25) is 0 Å². The molecular weight excluding hydrogens is 457 g/mol. The molecule has 1 saturated heterocycles. The first kappa shape index (κ1) is 24.9. The molecule has 0 aliphatic carbocycles. The highest BCUT2D eigenvalue weighted by Crippen LogP contribution is 2.30. The molecule has 186 valence electrons. The third-order valence-electron chi connectivity index (χ3n) is 6.24. The van der Waals surface area contributed by atoms with Crippen molar-refractivity contribution in [2.75, 3.05) is 33.2 Å². The number of oxazole rings is 1. The summed E-state index contributed by atoms with van der Waals surface area (Å²) in [7, 11) is 2.02. The Kier molecular flexibility index (Phi) is 7.57. The zero-order valence-electron chi connectivity index (χ0n) is 19.9. The van der Waals surface area contributed by atoms with Gasteiger partial charge in [-0.15, -0.1) is 0 Å². The van der Waals surface area contributed by atoms with E-state index in [9.17, 15) is 18.0 Å². The van der Waals surface area contributed by atoms with Crippen molar-refractivity contribution in [2.45, 2.75) is 32.7 Å². The van der Waals surface area contributed by atoms with Crippen molar-refractivity contribution in [3.05, 3.63) is 88.6 Å². The van der Waals surface area contributed by atoms with Gasteiger partial charge in [0.2, 0.25) is 5.89 Å². The monoisotopic (exact) mass is 486 g/mol. The molecule has 9 heteroatoms. The molecule has 6 nitrogen and oxygen atoms in total. The number of aromatic nitrogens is 1. The van der Waals surface area contributed by atoms with Crippen molar-refractivity contribution in [3.8, 4) is 0 Å². The summed E-state index contributed by atoms with van der Waals surface area (Å²) in [6, 6.07) is 13.2. The summed E-state index contributed by atoms with van der Waals surface area (Å²) in [4.78, 5) is 23.1. The van der Waals surface area contributed by atoms with Crippen LogP contribution in [0.4, 0.5) is 13.2 Å². The van der Waals surface area contributed by atoms with E-state index in [1.54, 1.807) is 11.0 Å². The lowest BCUT2D eigenvalue weighted by atomic mass is 10.1. The molecule has 1 amide bonds. The number of carbonyl (C=O) groups is 1. The van der Waals surface area contributed by atoms with Gasteiger partial charge in [0.25, 0.3) is 5.91 Å². The molecule has 0 unspecified atom stereocenters. The lowest BCUT2D eigenvalue weighted by Gasteiger charge is -2.31. The lowest BCUT2D eigenvalue weighted by molar-refractivity contribution is -0.137. The molecule has 0 radical (unpaired) electrons. The summed E-state index contributed by atoms with van der Waals surface area (Å²) < 4.78 is 45.3. The SMILES string of the molecule is Cc1ccccc1CN(Cc1cccc(C(F)(F)F)c1)Cc1nc(C(=O)N2CCN(C)CC2)co1. The maximum absolute atomic E-state index is 13.2. The van der Waals surface area contributed by atoms with Crippen LogP contribution in [0.1, 0.15) is 38.6 Å². The van der Waals surface area contributed by atoms with Crippen molar-refractivity contribution in [1.82, 2.24) is 19.7 Å². The van der Waals surface area contributed by atoms with Crippen molar-refractivity contribution in [2.24, 2.45) is 0 Å². The minimum atomic E-state index is -4.40. The van der Waals surface area contributed by atoms with E-state index in [0.29, 0.717) is 31.1 Å². The largest absolute Gasteiger partial charge is 0.447 e. The molecule has 0 atom stereocenters. The first-order valence-electron chi connectivity index (χ1n) is 11.5. The molecule has 1 aliphatic heterocycles. The zero-order valence-corrected chi connectivity index (χ0v) is 19.9. The zero-order chi connectivity index (χ0) is 25.0. The molecule has 1 aromatic heterocycles. The Morgan fingerprint density at radius 2 is 1.77 bits per heavy atom. The van der Waals surface area contributed by atoms with E-state index in [2.05, 4.69) is 9.88 Å². The second kappa shape index (κ2) is 10.6. The van der Waals surface area contributed by atoms with Crippen LogP contribution in [0.25, 0.3) is 0 Å². The smallest absolute Gasteiger partial charge is 0.416 e. The minimum Gasteiger partial charge on any atom is -0.447 e. The number of halogens is 3. The molecular formula is C26H29F3N4O2. The summed E-state index contributed by atoms with van der Waals surface area (Å²) in [5.41, 5.74) is 2.25. The van der Waals surface area contributed by atoms with Crippen LogP contribution in [0, 0.1) is 6.92 Å². The molecule has 0 saturated carbocycles. The van der Waals surface area contributed by atoms with Gasteiger partial charge in [-0.25, -0.2) is 4.98 Å². The average molecular weight is 487 g/mol. The van der Waals surface area contributed by atoms with Crippen LogP contribution in [-0.4, -0.2) is 58.8 Å². The van der Waals surface area contributed by atoms with Gasteiger partial charge < -0.3 is 14.2 Å². The van der Waals surface area contributed by atoms with E-state index in [-0.39, 0.29) is 24.7 Å². The molecule has 3 aromatic rings. The van der Waals surface area contributed by atoms with Crippen LogP contribution < -0.4 is 0 Å². The lowest BCUT2D eigenvalue weighted by Crippen LogP contribution is -2.47. The van der Waals surface area contributed by atoms with E-state index in [4.69, 9.17) is 4.42 Å². The molecule has 0 spiro atoms. The van der Waals surface area contributed by atoms with Crippen molar-refractivity contribution in [3.63, 3.8) is 0 Å². The molecule has 1 aliphatic rings. The Morgan fingerprint density at radius 3 is 2.49 bits per heavy atom. The second-order valence-electron chi connectivity index (χ2n) is 8.99. The predicted molar refractivity (Wildman–Crippen MR) is 125 cm³/mol. The number of nitrogens with zero attached hydrogens (tertiary/aromatic N) is 4. The van der Waals surface area contributed by atoms with Gasteiger partial charge in [0.15, 0.2) is 5.69 Å². The number of alkyl halides is 3. The van der Waals surface area contributed by atoms with Gasteiger partial charge in [0.1, 0.15) is 6.26 Å². The summed E-state index contributed by atoms with van der Waals surface area (Å²) in [5, 5.41) is 0. The topological polar surface area (TPSA) is 52.8 Å². The Labute approximate surface area is 203 Å². The molecule has 1 fully saturated rings. The summed E-state index contributed by atoms with van der Waals surface area (Å²) in [6.45, 7) is 5.88. The number of hydrogen-bond donors (Lipinski definition) is 0. The average Bonchev–Trinajstić information content (AvgIpc) is 3.29. The number of rotatable bonds is 7. The Morgan fingerprint density at radius 1 is 1.03 bits per heavy atom. The van der Waals surface area contributed by atoms with Crippen LogP contribution in [0.3, 0.4) is 0 Å². The number of likely N-dealkylation sites (N-methyl/N-ethyl adjacent to an activating group) is 1. The van der Waals surface area contributed by atoms with Gasteiger partial charge >= 0.3 is 6.18 Å². The number of carbonyl (C=O) groups excluding carboxylic acids is 1. The van der Waals surface area contributed by atoms with E-state index < -0.39 is 11.7 Å². The Hall–Kier alpha value is -3.17. The van der Waals surface area contributed by atoms with E-state index >= 15 is 0 Å². The maximum atomic E-state index is 13.2. The summed E-state index contributed by atoms with van der Waals surface area (Å²) in [6.07, 6.45) is -3.04. The third-order valence-corrected chi connectivity index (χ3v) is 6.24. The van der Waals surface area contributed by atoms with Gasteiger partial charge in [0.05, 0.1) is 12.1 Å². The fourth-order valence-electron chi connectivity index (χ4n) is 4.14. The molecule has 2 heterocycles. The van der Waals surface area contributed by atoms with Crippen molar-refractivity contribution >= 4 is 5.91 Å². The molecule has 0 bridgehead atoms. The highest BCUT2D eigenvalue weighted by atomic mass is 19.4. The number of aryl methyl sites for hydroxylation is 1. The predicted octanol–water partition coefficient (Wildman–Crippen LogP) is 4.59. The van der Waals surface area contributed by atoms with Crippen LogP contribution in [0.15, 0.2) is 59.2 Å². The molecule has 0 N–H and O–H groups in total. The van der Waals surface area contributed by atoms with E-state index in [1.165, 1.54) is 18.4 Å². The molecule has 35 heavy (non-hydrogen) atoms. The Balaban J connectivity index is 1.52. The van der Waals surface area contributed by atoms with E-state index in [0.717, 1.165) is 30.3 Å². The summed E-state index contributed by atoms with van der Waals surface area (Å²) in [5.74, 6) is 0.180. The fourth-order valence-corrected chi connectivity index (χ4v) is 4.14. The Bertz CT molecular complexity index is 1150. The first-order valence-corrected chi connectivity index (χ1v) is 11.5. The number of amides is 1. The van der Waals surface area contributed by atoms with Gasteiger partial charge in [-0.1, -0.05) is 42.5 Å². The molecule has 4 rings (SSSR count). The van der Waals surface area contributed by atoms with Gasteiger partial charge in [-0.3, -0.25) is 9.69 Å². The van der Waals surface area contributed by atoms with Crippen LogP contribution >= 0.6 is 0 Å². The maximum Gasteiger partial charge on any atom is 0.416 e. The number of hydrogen-bond acceptors (Lipinski definition) is 5. The van der Waals surface area contributed by atoms with Crippen molar-refractivity contribution < 1.29 is 22.4 Å². The standard InChI is InChI=1S/C26H29F3N4O2/c1-19-6-3-4-8-21(19)16-32(15-20-7-5-9-22(14-20)26(27,28)29)17-24-30-23(18-35-24)25(34)33-12-10-31(2)11-13-33/h3-9,14,18H,10-13,15-17H2,1-2H3. The quantitative estimate of drug-likeness (QED) is 0.489. The fraction of sp³-hybridized carbons (Fsp3) is 0.385. The van der Waals surface area contributed by atoms with Crippen molar-refractivity contribution in [1.29, 1.82) is 0 Å². The van der Waals surface area contributed by atoms with E-state index in [1.807, 2.05) is 43.1 Å². The van der Waals surface area contributed by atoms with Crippen LogP contribution in [-0.2, 0) is 25.8 Å². The minimum absolute atomic E-state index is 0.170. The first-order chi connectivity index (χ1) is 16.7. The number of piperazine rings is 1. The van der Waals surface area contributed by atoms with Gasteiger partial charge in [-0.05, 0) is 36.7 Å². The third kappa shape index (κ3) is 6.49. The molecule has 2 aromatic carbocycles. The summed E-state index contributed by atoms with van der Waals surface area (Å²) >= 11 is 0.